The summed E-state index contributed by atoms with van der Waals surface area (Å²) in [5.74, 6) is 1.25. The lowest BCUT2D eigenvalue weighted by molar-refractivity contribution is 0.532. The molecule has 108 valence electrons. The van der Waals surface area contributed by atoms with Gasteiger partial charge < -0.3 is 0 Å². The van der Waals surface area contributed by atoms with Crippen LogP contribution in [0.4, 0.5) is 5.82 Å². The average molecular weight is 284 g/mol. The molecule has 1 N–H and O–H groups in total. The van der Waals surface area contributed by atoms with E-state index in [0.717, 1.165) is 24.8 Å². The zero-order valence-corrected chi connectivity index (χ0v) is 12.8. The number of pyridine rings is 1. The number of hydrogen-bond acceptors (Lipinski definition) is 3. The van der Waals surface area contributed by atoms with Crippen molar-refractivity contribution < 1.29 is 8.42 Å². The number of hydrogen-bond donors (Lipinski definition) is 1. The van der Waals surface area contributed by atoms with Crippen molar-refractivity contribution in [2.24, 2.45) is 5.92 Å². The van der Waals surface area contributed by atoms with Crippen LogP contribution in [-0.4, -0.2) is 19.2 Å². The van der Waals surface area contributed by atoms with Crippen LogP contribution >= 0.6 is 0 Å². The first kappa shape index (κ1) is 16.0. The van der Waals surface area contributed by atoms with E-state index >= 15 is 0 Å². The van der Waals surface area contributed by atoms with E-state index in [1.807, 2.05) is 13.0 Å². The van der Waals surface area contributed by atoms with Gasteiger partial charge in [-0.15, -0.1) is 0 Å². The van der Waals surface area contributed by atoms with E-state index in [2.05, 4.69) is 23.6 Å². The van der Waals surface area contributed by atoms with Crippen LogP contribution in [0.1, 0.15) is 45.1 Å². The van der Waals surface area contributed by atoms with Gasteiger partial charge in [0.2, 0.25) is 10.0 Å². The lowest BCUT2D eigenvalue weighted by Crippen LogP contribution is -2.17. The molecule has 1 heterocycles. The quantitative estimate of drug-likeness (QED) is 0.745. The lowest BCUT2D eigenvalue weighted by Gasteiger charge is -2.08. The number of aromatic nitrogens is 1. The van der Waals surface area contributed by atoms with Crippen molar-refractivity contribution in [3.8, 4) is 0 Å². The molecule has 1 aromatic rings. The Morgan fingerprint density at radius 3 is 2.53 bits per heavy atom. The van der Waals surface area contributed by atoms with Crippen LogP contribution in [0, 0.1) is 12.8 Å². The van der Waals surface area contributed by atoms with Gasteiger partial charge in [0, 0.05) is 6.20 Å². The van der Waals surface area contributed by atoms with Gasteiger partial charge in [-0.25, -0.2) is 13.4 Å². The molecule has 1 rings (SSSR count). The Balaban J connectivity index is 2.34. The van der Waals surface area contributed by atoms with Crippen molar-refractivity contribution in [3.63, 3.8) is 0 Å². The second-order valence-corrected chi connectivity index (χ2v) is 7.23. The molecule has 1 aromatic heterocycles. The van der Waals surface area contributed by atoms with Gasteiger partial charge in [-0.2, -0.15) is 0 Å². The first-order valence-corrected chi connectivity index (χ1v) is 8.47. The van der Waals surface area contributed by atoms with Crippen molar-refractivity contribution in [2.75, 3.05) is 10.5 Å². The first-order valence-electron chi connectivity index (χ1n) is 6.82. The highest BCUT2D eigenvalue weighted by atomic mass is 32.2. The summed E-state index contributed by atoms with van der Waals surface area (Å²) in [4.78, 5) is 4.04. The minimum absolute atomic E-state index is 0.167. The lowest BCUT2D eigenvalue weighted by atomic mass is 10.1. The first-order chi connectivity index (χ1) is 8.89. The molecule has 5 heteroatoms. The molecule has 0 aromatic carbocycles. The van der Waals surface area contributed by atoms with Crippen molar-refractivity contribution in [1.29, 1.82) is 0 Å². The summed E-state index contributed by atoms with van der Waals surface area (Å²) in [5.41, 5.74) is 1.01. The van der Waals surface area contributed by atoms with E-state index in [9.17, 15) is 8.42 Å². The number of nitrogens with zero attached hydrogens (tertiary/aromatic N) is 1. The second kappa shape index (κ2) is 7.48. The highest BCUT2D eigenvalue weighted by Gasteiger charge is 2.10. The van der Waals surface area contributed by atoms with Gasteiger partial charge in [0.15, 0.2) is 0 Å². The van der Waals surface area contributed by atoms with Crippen molar-refractivity contribution in [1.82, 2.24) is 4.98 Å². The molecule has 0 radical (unpaired) electrons. The van der Waals surface area contributed by atoms with E-state index < -0.39 is 10.0 Å². The van der Waals surface area contributed by atoms with E-state index in [1.54, 1.807) is 12.3 Å². The second-order valence-electron chi connectivity index (χ2n) is 5.38. The van der Waals surface area contributed by atoms with Gasteiger partial charge in [0.05, 0.1) is 5.75 Å². The van der Waals surface area contributed by atoms with E-state index in [4.69, 9.17) is 0 Å². The summed E-state index contributed by atoms with van der Waals surface area (Å²) in [6, 6.07) is 3.53. The minimum atomic E-state index is -3.26. The number of anilines is 1. The fraction of sp³-hybridized carbons (Fsp3) is 0.643. The van der Waals surface area contributed by atoms with Crippen LogP contribution in [0.25, 0.3) is 0 Å². The van der Waals surface area contributed by atoms with Gasteiger partial charge in [0.1, 0.15) is 5.82 Å². The van der Waals surface area contributed by atoms with E-state index in [-0.39, 0.29) is 5.75 Å². The Hall–Kier alpha value is -1.10. The summed E-state index contributed by atoms with van der Waals surface area (Å²) in [7, 11) is -3.26. The number of rotatable bonds is 8. The van der Waals surface area contributed by atoms with E-state index in [0.29, 0.717) is 18.2 Å². The monoisotopic (exact) mass is 284 g/mol. The maximum Gasteiger partial charge on any atom is 0.233 e. The van der Waals surface area contributed by atoms with Gasteiger partial charge in [-0.1, -0.05) is 39.2 Å². The van der Waals surface area contributed by atoms with Crippen molar-refractivity contribution in [3.05, 3.63) is 23.9 Å². The van der Waals surface area contributed by atoms with Crippen LogP contribution in [0.2, 0.25) is 0 Å². The molecule has 0 spiro atoms. The van der Waals surface area contributed by atoms with Crippen LogP contribution in [0.5, 0.6) is 0 Å². The SMILES string of the molecule is Cc1ccc(NS(=O)(=O)CCCCCC(C)C)nc1. The molecule has 4 nitrogen and oxygen atoms in total. The van der Waals surface area contributed by atoms with E-state index in [1.165, 1.54) is 0 Å². The third-order valence-electron chi connectivity index (χ3n) is 2.87. The van der Waals surface area contributed by atoms with Crippen LogP contribution in [-0.2, 0) is 10.0 Å². The molecule has 0 amide bonds. The number of unbranched alkanes of at least 4 members (excludes halogenated alkanes) is 2. The zero-order valence-electron chi connectivity index (χ0n) is 12.0. The predicted molar refractivity (Wildman–Crippen MR) is 79.7 cm³/mol. The topological polar surface area (TPSA) is 59.1 Å². The Morgan fingerprint density at radius 1 is 1.21 bits per heavy atom. The van der Waals surface area contributed by atoms with Gasteiger partial charge in [0.25, 0.3) is 0 Å². The average Bonchev–Trinajstić information content (AvgIpc) is 2.31. The largest absolute Gasteiger partial charge is 0.267 e. The van der Waals surface area contributed by atoms with Crippen LogP contribution in [0.3, 0.4) is 0 Å². The molecular formula is C14H24N2O2S. The molecule has 0 bridgehead atoms. The Morgan fingerprint density at radius 2 is 1.95 bits per heavy atom. The minimum Gasteiger partial charge on any atom is -0.267 e. The molecular weight excluding hydrogens is 260 g/mol. The summed E-state index contributed by atoms with van der Waals surface area (Å²) in [6.45, 7) is 6.28. The summed E-state index contributed by atoms with van der Waals surface area (Å²) >= 11 is 0. The molecule has 0 saturated heterocycles. The smallest absolute Gasteiger partial charge is 0.233 e. The Labute approximate surface area is 116 Å². The number of sulfonamides is 1. The standard InChI is InChI=1S/C14H24N2O2S/c1-12(2)7-5-4-6-10-19(17,18)16-14-9-8-13(3)11-15-14/h8-9,11-12H,4-7,10H2,1-3H3,(H,15,16). The maximum atomic E-state index is 11.8. The molecule has 19 heavy (non-hydrogen) atoms. The Kier molecular flexibility index (Phi) is 6.28. The van der Waals surface area contributed by atoms with Crippen molar-refractivity contribution in [2.45, 2.75) is 46.5 Å². The van der Waals surface area contributed by atoms with Crippen LogP contribution < -0.4 is 4.72 Å². The van der Waals surface area contributed by atoms with Gasteiger partial charge in [-0.3, -0.25) is 4.72 Å². The van der Waals surface area contributed by atoms with Crippen LogP contribution in [0.15, 0.2) is 18.3 Å². The molecule has 0 saturated carbocycles. The van der Waals surface area contributed by atoms with Gasteiger partial charge >= 0.3 is 0 Å². The Bertz CT molecular complexity index is 467. The highest BCUT2D eigenvalue weighted by Crippen LogP contribution is 2.11. The number of nitrogens with one attached hydrogen (secondary N) is 1. The molecule has 0 unspecified atom stereocenters. The van der Waals surface area contributed by atoms with Gasteiger partial charge in [-0.05, 0) is 30.9 Å². The predicted octanol–water partition coefficient (Wildman–Crippen LogP) is 3.35. The summed E-state index contributed by atoms with van der Waals surface area (Å²) in [6.07, 6.45) is 5.57. The molecule has 0 aliphatic carbocycles. The molecule has 0 fully saturated rings. The van der Waals surface area contributed by atoms with Crippen molar-refractivity contribution >= 4 is 15.8 Å². The molecule has 0 aliphatic rings. The normalized spacial score (nSPS) is 11.8. The third kappa shape index (κ3) is 7.15. The third-order valence-corrected chi connectivity index (χ3v) is 4.21. The molecule has 0 atom stereocenters. The fourth-order valence-corrected chi connectivity index (χ4v) is 2.89. The maximum absolute atomic E-state index is 11.8. The highest BCUT2D eigenvalue weighted by molar-refractivity contribution is 7.92. The number of aryl methyl sites for hydroxylation is 1. The molecule has 0 aliphatic heterocycles. The fourth-order valence-electron chi connectivity index (χ4n) is 1.76. The summed E-state index contributed by atoms with van der Waals surface area (Å²) < 4.78 is 26.2. The summed E-state index contributed by atoms with van der Waals surface area (Å²) in [5, 5.41) is 0. The zero-order chi connectivity index (χ0) is 14.3.